The van der Waals surface area contributed by atoms with E-state index in [0.29, 0.717) is 17.2 Å². The number of halogens is 2. The second-order valence-electron chi connectivity index (χ2n) is 5.42. The topological polar surface area (TPSA) is 78.7 Å². The fourth-order valence-corrected chi connectivity index (χ4v) is 2.45. The number of aryl methyl sites for hydroxylation is 2. The number of hydrogen-bond donors (Lipinski definition) is 0. The molecule has 2 rings (SSSR count). The van der Waals surface area contributed by atoms with Crippen LogP contribution < -0.4 is 9.47 Å². The molecule has 0 radical (unpaired) electrons. The Morgan fingerprint density at radius 2 is 1.80 bits per heavy atom. The Bertz CT molecular complexity index is 815. The highest BCUT2D eigenvalue weighted by Gasteiger charge is 2.16. The molecule has 0 aromatic heterocycles. The zero-order valence-corrected chi connectivity index (χ0v) is 15.2. The van der Waals surface area contributed by atoms with Crippen molar-refractivity contribution in [1.29, 1.82) is 0 Å². The summed E-state index contributed by atoms with van der Waals surface area (Å²) in [4.78, 5) is 21.4. The van der Waals surface area contributed by atoms with Gasteiger partial charge in [0.1, 0.15) is 17.2 Å². The number of ether oxygens (including phenoxy) is 2. The van der Waals surface area contributed by atoms with E-state index in [9.17, 15) is 14.9 Å². The minimum atomic E-state index is -0.769. The third kappa shape index (κ3) is 4.61. The standard InChI is InChI=1S/C17H15Cl2NO5/c1-9-6-13(7-10(2)16(9)24-11(3)17(19)21)25-15-5-4-12(20(22)23)8-14(15)18/h4-8,11H,1-3H3. The molecule has 25 heavy (non-hydrogen) atoms. The summed E-state index contributed by atoms with van der Waals surface area (Å²) in [6, 6.07) is 7.40. The lowest BCUT2D eigenvalue weighted by Gasteiger charge is -2.17. The number of nitro benzene ring substituents is 1. The lowest BCUT2D eigenvalue weighted by molar-refractivity contribution is -0.384. The maximum Gasteiger partial charge on any atom is 0.271 e. The van der Waals surface area contributed by atoms with Crippen molar-refractivity contribution in [3.63, 3.8) is 0 Å². The van der Waals surface area contributed by atoms with Crippen LogP contribution in [0.25, 0.3) is 0 Å². The zero-order valence-electron chi connectivity index (χ0n) is 13.7. The van der Waals surface area contributed by atoms with Crippen molar-refractivity contribution in [3.8, 4) is 17.2 Å². The molecule has 0 N–H and O–H groups in total. The maximum atomic E-state index is 11.1. The third-order valence-electron chi connectivity index (χ3n) is 3.40. The van der Waals surface area contributed by atoms with Crippen LogP contribution in [0.1, 0.15) is 18.1 Å². The van der Waals surface area contributed by atoms with Gasteiger partial charge in [-0.15, -0.1) is 0 Å². The van der Waals surface area contributed by atoms with Gasteiger partial charge < -0.3 is 9.47 Å². The summed E-state index contributed by atoms with van der Waals surface area (Å²) in [6.45, 7) is 5.17. The Morgan fingerprint density at radius 3 is 2.28 bits per heavy atom. The summed E-state index contributed by atoms with van der Waals surface area (Å²) >= 11 is 11.5. The van der Waals surface area contributed by atoms with Crippen molar-refractivity contribution >= 4 is 34.1 Å². The summed E-state index contributed by atoms with van der Waals surface area (Å²) in [5.74, 6) is 1.33. The number of rotatable bonds is 6. The van der Waals surface area contributed by atoms with Crippen molar-refractivity contribution < 1.29 is 19.2 Å². The van der Waals surface area contributed by atoms with Crippen LogP contribution in [0.4, 0.5) is 5.69 Å². The predicted molar refractivity (Wildman–Crippen MR) is 95.0 cm³/mol. The number of nitrogens with zero attached hydrogens (tertiary/aromatic N) is 1. The number of non-ortho nitro benzene ring substituents is 1. The lowest BCUT2D eigenvalue weighted by atomic mass is 10.1. The molecule has 2 aromatic carbocycles. The van der Waals surface area contributed by atoms with Crippen LogP contribution in [0.3, 0.4) is 0 Å². The lowest BCUT2D eigenvalue weighted by Crippen LogP contribution is -2.19. The van der Waals surface area contributed by atoms with Gasteiger partial charge in [-0.2, -0.15) is 0 Å². The summed E-state index contributed by atoms with van der Waals surface area (Å²) in [7, 11) is 0. The molecule has 0 amide bonds. The van der Waals surface area contributed by atoms with E-state index in [0.717, 1.165) is 11.1 Å². The minimum absolute atomic E-state index is 0.117. The normalized spacial score (nSPS) is 11.7. The molecule has 0 saturated carbocycles. The summed E-state index contributed by atoms with van der Waals surface area (Å²) < 4.78 is 11.3. The molecule has 6 nitrogen and oxygen atoms in total. The number of hydrogen-bond acceptors (Lipinski definition) is 5. The van der Waals surface area contributed by atoms with Crippen LogP contribution in [-0.4, -0.2) is 16.3 Å². The van der Waals surface area contributed by atoms with Crippen molar-refractivity contribution in [2.24, 2.45) is 0 Å². The largest absolute Gasteiger partial charge is 0.481 e. The van der Waals surface area contributed by atoms with E-state index in [1.54, 1.807) is 32.9 Å². The monoisotopic (exact) mass is 383 g/mol. The van der Waals surface area contributed by atoms with E-state index in [1.807, 2.05) is 0 Å². The van der Waals surface area contributed by atoms with Crippen LogP contribution in [0.5, 0.6) is 17.2 Å². The molecule has 0 bridgehead atoms. The summed E-state index contributed by atoms with van der Waals surface area (Å²) in [6.07, 6.45) is -0.769. The molecule has 2 aromatic rings. The predicted octanol–water partition coefficient (Wildman–Crippen LogP) is 5.19. The SMILES string of the molecule is Cc1cc(Oc2ccc([N+](=O)[O-])cc2Cl)cc(C)c1OC(C)C(=O)Cl. The average molecular weight is 384 g/mol. The van der Waals surface area contributed by atoms with Crippen molar-refractivity contribution in [2.75, 3.05) is 0 Å². The molecule has 1 atom stereocenters. The second-order valence-corrected chi connectivity index (χ2v) is 6.20. The zero-order chi connectivity index (χ0) is 18.7. The van der Waals surface area contributed by atoms with Gasteiger partial charge in [0.15, 0.2) is 6.10 Å². The smallest absolute Gasteiger partial charge is 0.271 e. The Hall–Kier alpha value is -2.31. The third-order valence-corrected chi connectivity index (χ3v) is 4.00. The van der Waals surface area contributed by atoms with Gasteiger partial charge in [0.25, 0.3) is 10.9 Å². The van der Waals surface area contributed by atoms with Crippen LogP contribution in [-0.2, 0) is 4.79 Å². The molecular weight excluding hydrogens is 369 g/mol. The molecule has 0 aliphatic heterocycles. The van der Waals surface area contributed by atoms with Crippen LogP contribution in [0.15, 0.2) is 30.3 Å². The van der Waals surface area contributed by atoms with Gasteiger partial charge in [0.05, 0.1) is 9.95 Å². The minimum Gasteiger partial charge on any atom is -0.481 e. The van der Waals surface area contributed by atoms with Gasteiger partial charge in [-0.05, 0) is 61.7 Å². The van der Waals surface area contributed by atoms with E-state index in [2.05, 4.69) is 0 Å². The molecule has 1 unspecified atom stereocenters. The average Bonchev–Trinajstić information content (AvgIpc) is 2.52. The second kappa shape index (κ2) is 7.72. The Labute approximate surface area is 154 Å². The number of nitro groups is 1. The first-order chi connectivity index (χ1) is 11.7. The first-order valence-corrected chi connectivity index (χ1v) is 8.03. The highest BCUT2D eigenvalue weighted by Crippen LogP contribution is 2.35. The highest BCUT2D eigenvalue weighted by atomic mass is 35.5. The molecule has 0 heterocycles. The fraction of sp³-hybridized carbons (Fsp3) is 0.235. The number of benzene rings is 2. The van der Waals surface area contributed by atoms with E-state index in [1.165, 1.54) is 18.2 Å². The molecule has 8 heteroatoms. The molecule has 0 fully saturated rings. The van der Waals surface area contributed by atoms with Gasteiger partial charge in [-0.3, -0.25) is 14.9 Å². The van der Waals surface area contributed by atoms with Gasteiger partial charge in [0.2, 0.25) is 0 Å². The van der Waals surface area contributed by atoms with Crippen molar-refractivity contribution in [3.05, 3.63) is 56.6 Å². The molecule has 0 aliphatic carbocycles. The molecule has 0 aliphatic rings. The summed E-state index contributed by atoms with van der Waals surface area (Å²) in [5, 5.41) is 10.3. The van der Waals surface area contributed by atoms with Gasteiger partial charge in [-0.1, -0.05) is 11.6 Å². The van der Waals surface area contributed by atoms with E-state index < -0.39 is 16.3 Å². The van der Waals surface area contributed by atoms with Crippen LogP contribution in [0.2, 0.25) is 5.02 Å². The van der Waals surface area contributed by atoms with Gasteiger partial charge in [-0.25, -0.2) is 0 Å². The van der Waals surface area contributed by atoms with Crippen molar-refractivity contribution in [1.82, 2.24) is 0 Å². The Kier molecular flexibility index (Phi) is 5.87. The first kappa shape index (κ1) is 19.0. The Morgan fingerprint density at radius 1 is 1.20 bits per heavy atom. The molecule has 0 spiro atoms. The summed E-state index contributed by atoms with van der Waals surface area (Å²) in [5.41, 5.74) is 1.38. The number of carbonyl (C=O) groups is 1. The van der Waals surface area contributed by atoms with Gasteiger partial charge in [0, 0.05) is 12.1 Å². The van der Waals surface area contributed by atoms with E-state index >= 15 is 0 Å². The van der Waals surface area contributed by atoms with Gasteiger partial charge >= 0.3 is 0 Å². The first-order valence-electron chi connectivity index (χ1n) is 7.28. The van der Waals surface area contributed by atoms with Crippen molar-refractivity contribution in [2.45, 2.75) is 26.9 Å². The molecule has 132 valence electrons. The van der Waals surface area contributed by atoms with E-state index in [-0.39, 0.29) is 10.7 Å². The fourth-order valence-electron chi connectivity index (χ4n) is 2.19. The number of carbonyl (C=O) groups excluding carboxylic acids is 1. The Balaban J connectivity index is 2.27. The van der Waals surface area contributed by atoms with Crippen LogP contribution in [0, 0.1) is 24.0 Å². The highest BCUT2D eigenvalue weighted by molar-refractivity contribution is 6.64. The maximum absolute atomic E-state index is 11.1. The molecular formula is C17H15Cl2NO5. The van der Waals surface area contributed by atoms with Crippen LogP contribution >= 0.6 is 23.2 Å². The quantitative estimate of drug-likeness (QED) is 0.389. The molecule has 0 saturated heterocycles. The van der Waals surface area contributed by atoms with E-state index in [4.69, 9.17) is 32.7 Å².